The number of nitro benzene ring substituents is 2. The molecular formula is C12H11Cl3N4O9S2. The summed E-state index contributed by atoms with van der Waals surface area (Å²) >= 11 is 11.0. The third-order valence-electron chi connectivity index (χ3n) is 2.82. The Balaban J connectivity index is 0.000000518. The fourth-order valence-corrected chi connectivity index (χ4v) is 4.17. The summed E-state index contributed by atoms with van der Waals surface area (Å²) in [7, 11) is -3.07. The second-order valence-corrected chi connectivity index (χ2v) is 9.61. The van der Waals surface area contributed by atoms with Crippen LogP contribution in [0.1, 0.15) is 0 Å². The van der Waals surface area contributed by atoms with Crippen molar-refractivity contribution in [2.75, 3.05) is 0 Å². The van der Waals surface area contributed by atoms with Crippen LogP contribution in [0.4, 0.5) is 11.4 Å². The molecule has 2 rings (SSSR count). The maximum absolute atomic E-state index is 10.9. The van der Waals surface area contributed by atoms with Gasteiger partial charge in [-0.25, -0.2) is 27.9 Å². The monoisotopic (exact) mass is 524 g/mol. The lowest BCUT2D eigenvalue weighted by atomic mass is 10.3. The number of nitro groups is 2. The Morgan fingerprint density at radius 2 is 1.13 bits per heavy atom. The van der Waals surface area contributed by atoms with Crippen LogP contribution in [0.2, 0.25) is 10.0 Å². The Labute approximate surface area is 183 Å². The molecule has 0 atom stereocenters. The van der Waals surface area contributed by atoms with Crippen LogP contribution in [0.5, 0.6) is 0 Å². The van der Waals surface area contributed by atoms with E-state index in [-0.39, 0.29) is 21.4 Å². The molecule has 18 heteroatoms. The van der Waals surface area contributed by atoms with Crippen molar-refractivity contribution in [1.82, 2.24) is 0 Å². The lowest BCUT2D eigenvalue weighted by molar-refractivity contribution is -0.385. The van der Waals surface area contributed by atoms with Gasteiger partial charge in [0.2, 0.25) is 10.0 Å². The lowest BCUT2D eigenvalue weighted by Crippen LogP contribution is -2.12. The molecule has 5 N–H and O–H groups in total. The minimum atomic E-state index is -4.05. The molecule has 166 valence electrons. The van der Waals surface area contributed by atoms with E-state index < -0.39 is 38.7 Å². The topological polar surface area (TPSA) is 227 Å². The number of non-ortho nitro benzene ring substituents is 2. The summed E-state index contributed by atoms with van der Waals surface area (Å²) in [5.41, 5.74) is -0.757. The van der Waals surface area contributed by atoms with Gasteiger partial charge in [-0.1, -0.05) is 23.2 Å². The van der Waals surface area contributed by atoms with E-state index in [4.69, 9.17) is 44.2 Å². The van der Waals surface area contributed by atoms with Crippen LogP contribution in [0, 0.1) is 20.2 Å². The van der Waals surface area contributed by atoms with Crippen molar-refractivity contribution in [3.63, 3.8) is 0 Å². The van der Waals surface area contributed by atoms with E-state index >= 15 is 0 Å². The Kier molecular flexibility index (Phi) is 10.5. The molecule has 13 nitrogen and oxygen atoms in total. The highest BCUT2D eigenvalue weighted by Crippen LogP contribution is 2.28. The second-order valence-electron chi connectivity index (χ2n) is 4.73. The van der Waals surface area contributed by atoms with Crippen LogP contribution < -0.4 is 11.0 Å². The molecule has 0 bridgehead atoms. The van der Waals surface area contributed by atoms with Gasteiger partial charge < -0.3 is 5.21 Å². The number of primary sulfonamides is 1. The van der Waals surface area contributed by atoms with Gasteiger partial charge in [0, 0.05) is 34.9 Å². The Morgan fingerprint density at radius 1 is 0.800 bits per heavy atom. The average molecular weight is 526 g/mol. The van der Waals surface area contributed by atoms with Gasteiger partial charge in [-0.3, -0.25) is 20.2 Å². The summed E-state index contributed by atoms with van der Waals surface area (Å²) in [4.78, 5) is 18.3. The zero-order valence-corrected chi connectivity index (χ0v) is 18.1. The van der Waals surface area contributed by atoms with Gasteiger partial charge in [0.15, 0.2) is 0 Å². The molecule has 0 aliphatic carbocycles. The molecule has 0 aliphatic rings. The molecular weight excluding hydrogens is 515 g/mol. The van der Waals surface area contributed by atoms with Gasteiger partial charge >= 0.3 is 0 Å². The number of nitrogens with two attached hydrogens (primary N) is 2. The number of halogens is 3. The van der Waals surface area contributed by atoms with Crippen LogP contribution in [0.3, 0.4) is 0 Å². The molecule has 0 radical (unpaired) electrons. The third-order valence-corrected chi connectivity index (χ3v) is 6.02. The van der Waals surface area contributed by atoms with Gasteiger partial charge in [-0.15, -0.1) is 0 Å². The van der Waals surface area contributed by atoms with Crippen molar-refractivity contribution in [2.45, 2.75) is 9.79 Å². The number of hydrogen-bond donors (Lipinski definition) is 3. The Hall–Kier alpha value is -2.11. The van der Waals surface area contributed by atoms with E-state index in [0.717, 1.165) is 36.4 Å². The predicted octanol–water partition coefficient (Wildman–Crippen LogP) is 2.41. The predicted molar refractivity (Wildman–Crippen MR) is 107 cm³/mol. The zero-order valence-electron chi connectivity index (χ0n) is 14.2. The number of sulfonamides is 1. The van der Waals surface area contributed by atoms with Crippen molar-refractivity contribution in [1.29, 1.82) is 0 Å². The van der Waals surface area contributed by atoms with E-state index in [1.165, 1.54) is 0 Å². The molecule has 0 aromatic heterocycles. The van der Waals surface area contributed by atoms with Gasteiger partial charge in [0.05, 0.1) is 19.9 Å². The maximum Gasteiger partial charge on any atom is 0.270 e. The summed E-state index contributed by atoms with van der Waals surface area (Å²) < 4.78 is 43.6. The lowest BCUT2D eigenvalue weighted by Gasteiger charge is -2.00. The van der Waals surface area contributed by atoms with E-state index in [1.807, 2.05) is 0 Å². The maximum atomic E-state index is 10.9. The van der Waals surface area contributed by atoms with Crippen LogP contribution in [-0.4, -0.2) is 31.9 Å². The summed E-state index contributed by atoms with van der Waals surface area (Å²) in [5.74, 6) is 3.50. The van der Waals surface area contributed by atoms with Crippen molar-refractivity contribution >= 4 is 64.3 Å². The van der Waals surface area contributed by atoms with Crippen molar-refractivity contribution in [3.05, 3.63) is 66.7 Å². The molecule has 0 saturated carbocycles. The Morgan fingerprint density at radius 3 is 1.43 bits per heavy atom. The fraction of sp³-hybridized carbons (Fsp3) is 0. The minimum absolute atomic E-state index is 0.141. The van der Waals surface area contributed by atoms with E-state index in [0.29, 0.717) is 0 Å². The first-order valence-corrected chi connectivity index (χ1v) is 11.4. The summed E-state index contributed by atoms with van der Waals surface area (Å²) in [5, 5.41) is 31.6. The SMILES string of the molecule is NO.NS(=O)(=O)c1cc([N+](=O)[O-])ccc1Cl.O=[N+]([O-])c1ccc(Cl)c(S(=O)(=O)Cl)c1. The summed E-state index contributed by atoms with van der Waals surface area (Å²) in [6.07, 6.45) is 0. The molecule has 0 fully saturated rings. The minimum Gasteiger partial charge on any atom is -0.320 e. The van der Waals surface area contributed by atoms with Crippen LogP contribution in [0.25, 0.3) is 0 Å². The van der Waals surface area contributed by atoms with Gasteiger partial charge in [-0.05, 0) is 12.1 Å². The second kappa shape index (κ2) is 11.3. The normalized spacial score (nSPS) is 10.7. The highest BCUT2D eigenvalue weighted by molar-refractivity contribution is 8.13. The molecule has 0 saturated heterocycles. The average Bonchev–Trinajstić information content (AvgIpc) is 2.62. The van der Waals surface area contributed by atoms with Crippen molar-refractivity contribution < 1.29 is 31.9 Å². The first-order chi connectivity index (χ1) is 13.6. The van der Waals surface area contributed by atoms with Crippen molar-refractivity contribution in [3.8, 4) is 0 Å². The van der Waals surface area contributed by atoms with Crippen LogP contribution in [-0.2, 0) is 19.1 Å². The van der Waals surface area contributed by atoms with Gasteiger partial charge in [0.25, 0.3) is 20.4 Å². The first kappa shape index (κ1) is 27.9. The van der Waals surface area contributed by atoms with E-state index in [1.54, 1.807) is 0 Å². The molecule has 30 heavy (non-hydrogen) atoms. The van der Waals surface area contributed by atoms with Crippen LogP contribution >= 0.6 is 33.9 Å². The van der Waals surface area contributed by atoms with Crippen LogP contribution in [0.15, 0.2) is 46.2 Å². The molecule has 2 aromatic carbocycles. The highest BCUT2D eigenvalue weighted by Gasteiger charge is 2.19. The molecule has 0 spiro atoms. The zero-order chi connectivity index (χ0) is 23.9. The van der Waals surface area contributed by atoms with Crippen molar-refractivity contribution in [2.24, 2.45) is 11.0 Å². The van der Waals surface area contributed by atoms with E-state index in [2.05, 4.69) is 5.90 Å². The number of benzene rings is 2. The molecule has 0 amide bonds. The molecule has 2 aromatic rings. The molecule has 0 heterocycles. The number of rotatable bonds is 4. The highest BCUT2D eigenvalue weighted by atomic mass is 35.7. The fourth-order valence-electron chi connectivity index (χ4n) is 1.62. The van der Waals surface area contributed by atoms with Gasteiger partial charge in [0.1, 0.15) is 9.79 Å². The summed E-state index contributed by atoms with van der Waals surface area (Å²) in [6, 6.07) is 6.03. The van der Waals surface area contributed by atoms with E-state index in [9.17, 15) is 37.1 Å². The number of hydrogen-bond acceptors (Lipinski definition) is 10. The number of nitrogens with zero attached hydrogens (tertiary/aromatic N) is 2. The summed E-state index contributed by atoms with van der Waals surface area (Å²) in [6.45, 7) is 0. The largest absolute Gasteiger partial charge is 0.320 e. The standard InChI is InChI=1S/C6H3Cl2NO4S.C6H5ClN2O4S.H3NO/c2*7-5-2-1-4(9(10)11)3-6(5)14(8,12)13;1-2/h1-3H;1-3H,(H2,8,12,13);2H,1H2. The quantitative estimate of drug-likeness (QED) is 0.300. The third kappa shape index (κ3) is 8.33. The smallest absolute Gasteiger partial charge is 0.270 e. The van der Waals surface area contributed by atoms with Gasteiger partial charge in [-0.2, -0.15) is 0 Å². The molecule has 0 unspecified atom stereocenters. The Bertz CT molecular complexity index is 1070. The molecule has 0 aliphatic heterocycles. The first-order valence-electron chi connectivity index (χ1n) is 6.75.